The van der Waals surface area contributed by atoms with Gasteiger partial charge in [-0.05, 0) is 31.4 Å². The maximum Gasteiger partial charge on any atom is 0.270 e. The number of thiophene rings is 1. The van der Waals surface area contributed by atoms with Crippen molar-refractivity contribution in [3.05, 3.63) is 17.0 Å². The molecule has 2 unspecified atom stereocenters. The Labute approximate surface area is 129 Å². The average molecular weight is 338 g/mol. The summed E-state index contributed by atoms with van der Waals surface area (Å²) in [6.45, 7) is 6.26. The molecule has 0 aliphatic rings. The zero-order valence-corrected chi connectivity index (χ0v) is 14.2. The summed E-state index contributed by atoms with van der Waals surface area (Å²) in [5, 5.41) is 2.93. The minimum Gasteiger partial charge on any atom is -0.353 e. The smallest absolute Gasteiger partial charge is 0.270 e. The lowest BCUT2D eigenvalue weighted by Gasteiger charge is -2.17. The van der Waals surface area contributed by atoms with Gasteiger partial charge in [0.2, 0.25) is 5.91 Å². The second-order valence-electron chi connectivity index (χ2n) is 5.05. The summed E-state index contributed by atoms with van der Waals surface area (Å²) in [6, 6.07) is 3.17. The number of hydrogen-bond acceptors (Lipinski definition) is 4. The molecular formula is C13H20ClNO3S2. The lowest BCUT2D eigenvalue weighted by molar-refractivity contribution is -0.121. The second kappa shape index (κ2) is 7.43. The summed E-state index contributed by atoms with van der Waals surface area (Å²) in [7, 11) is 1.55. The van der Waals surface area contributed by atoms with Gasteiger partial charge in [-0.25, -0.2) is 8.42 Å². The Balaban J connectivity index is 2.52. The number of halogens is 1. The number of carbonyl (C=O) groups is 1. The Morgan fingerprint density at radius 1 is 1.40 bits per heavy atom. The number of amides is 1. The third-order valence-corrected chi connectivity index (χ3v) is 6.25. The fraction of sp³-hybridized carbons (Fsp3) is 0.615. The number of hydrogen-bond donors (Lipinski definition) is 1. The van der Waals surface area contributed by atoms with Crippen molar-refractivity contribution in [1.82, 2.24) is 5.32 Å². The van der Waals surface area contributed by atoms with Gasteiger partial charge in [0.1, 0.15) is 4.21 Å². The molecule has 114 valence electrons. The quantitative estimate of drug-likeness (QED) is 0.777. The molecule has 0 bridgehead atoms. The number of carbonyl (C=O) groups excluding carboxylic acids is 1. The monoisotopic (exact) mass is 337 g/mol. The first-order chi connectivity index (χ1) is 9.22. The van der Waals surface area contributed by atoms with Gasteiger partial charge in [0.25, 0.3) is 9.05 Å². The van der Waals surface area contributed by atoms with E-state index in [2.05, 4.69) is 19.2 Å². The van der Waals surface area contributed by atoms with Crippen LogP contribution in [0.1, 0.15) is 38.5 Å². The van der Waals surface area contributed by atoms with E-state index in [1.807, 2.05) is 6.92 Å². The van der Waals surface area contributed by atoms with E-state index in [-0.39, 0.29) is 22.6 Å². The molecule has 0 aromatic carbocycles. The first-order valence-electron chi connectivity index (χ1n) is 6.55. The molecular weight excluding hydrogens is 318 g/mol. The SMILES string of the molecule is CCC(C)CC(C)NC(=O)Cc1ccc(S(=O)(=O)Cl)s1. The van der Waals surface area contributed by atoms with Gasteiger partial charge in [-0.3, -0.25) is 4.79 Å². The molecule has 0 saturated carbocycles. The summed E-state index contributed by atoms with van der Waals surface area (Å²) in [6.07, 6.45) is 2.21. The Morgan fingerprint density at radius 3 is 2.55 bits per heavy atom. The Bertz CT molecular complexity index is 554. The number of nitrogens with one attached hydrogen (secondary N) is 1. The van der Waals surface area contributed by atoms with Crippen molar-refractivity contribution in [1.29, 1.82) is 0 Å². The second-order valence-corrected chi connectivity index (χ2v) is 9.01. The minimum atomic E-state index is -3.70. The van der Waals surface area contributed by atoms with E-state index in [0.717, 1.165) is 24.2 Å². The summed E-state index contributed by atoms with van der Waals surface area (Å²) in [5.41, 5.74) is 0. The molecule has 0 aliphatic carbocycles. The van der Waals surface area contributed by atoms with Gasteiger partial charge in [0.15, 0.2) is 0 Å². The van der Waals surface area contributed by atoms with E-state index in [9.17, 15) is 13.2 Å². The average Bonchev–Trinajstić information content (AvgIpc) is 2.76. The maximum absolute atomic E-state index is 11.9. The molecule has 0 fully saturated rings. The van der Waals surface area contributed by atoms with Crippen LogP contribution in [0.25, 0.3) is 0 Å². The van der Waals surface area contributed by atoms with Crippen LogP contribution in [0.5, 0.6) is 0 Å². The summed E-state index contributed by atoms with van der Waals surface area (Å²) in [5.74, 6) is 0.473. The molecule has 7 heteroatoms. The molecule has 1 rings (SSSR count). The summed E-state index contributed by atoms with van der Waals surface area (Å²) >= 11 is 1.03. The number of rotatable bonds is 7. The van der Waals surface area contributed by atoms with E-state index in [0.29, 0.717) is 10.8 Å². The van der Waals surface area contributed by atoms with Gasteiger partial charge in [-0.1, -0.05) is 20.3 Å². The van der Waals surface area contributed by atoms with E-state index in [1.165, 1.54) is 6.07 Å². The third-order valence-electron chi connectivity index (χ3n) is 3.07. The van der Waals surface area contributed by atoms with Gasteiger partial charge >= 0.3 is 0 Å². The Hall–Kier alpha value is -0.590. The van der Waals surface area contributed by atoms with Crippen LogP contribution in [-0.4, -0.2) is 20.4 Å². The van der Waals surface area contributed by atoms with Crippen LogP contribution in [-0.2, 0) is 20.3 Å². The van der Waals surface area contributed by atoms with Crippen molar-refractivity contribution in [2.24, 2.45) is 5.92 Å². The summed E-state index contributed by atoms with van der Waals surface area (Å²) < 4.78 is 22.4. The highest BCUT2D eigenvalue weighted by Gasteiger charge is 2.16. The fourth-order valence-corrected chi connectivity index (χ4v) is 4.02. The van der Waals surface area contributed by atoms with E-state index < -0.39 is 9.05 Å². The van der Waals surface area contributed by atoms with Gasteiger partial charge < -0.3 is 5.32 Å². The van der Waals surface area contributed by atoms with Crippen LogP contribution in [0, 0.1) is 5.92 Å². The van der Waals surface area contributed by atoms with Crippen LogP contribution >= 0.6 is 22.0 Å². The predicted molar refractivity (Wildman–Crippen MR) is 82.7 cm³/mol. The van der Waals surface area contributed by atoms with Gasteiger partial charge in [-0.15, -0.1) is 11.3 Å². The van der Waals surface area contributed by atoms with Crippen molar-refractivity contribution in [2.75, 3.05) is 0 Å². The topological polar surface area (TPSA) is 63.2 Å². The zero-order chi connectivity index (χ0) is 15.3. The van der Waals surface area contributed by atoms with E-state index >= 15 is 0 Å². The molecule has 1 aromatic rings. The van der Waals surface area contributed by atoms with Crippen molar-refractivity contribution in [3.8, 4) is 0 Å². The van der Waals surface area contributed by atoms with Crippen LogP contribution in [0.2, 0.25) is 0 Å². The molecule has 0 aliphatic heterocycles. The third kappa shape index (κ3) is 5.81. The van der Waals surface area contributed by atoms with Crippen molar-refractivity contribution >= 4 is 37.0 Å². The Kier molecular flexibility index (Phi) is 6.48. The zero-order valence-electron chi connectivity index (χ0n) is 11.8. The minimum absolute atomic E-state index is 0.0784. The van der Waals surface area contributed by atoms with Crippen LogP contribution < -0.4 is 5.32 Å². The van der Waals surface area contributed by atoms with E-state index in [1.54, 1.807) is 6.07 Å². The molecule has 1 heterocycles. The highest BCUT2D eigenvalue weighted by Crippen LogP contribution is 2.25. The molecule has 0 radical (unpaired) electrons. The predicted octanol–water partition coefficient (Wildman–Crippen LogP) is 3.16. The lowest BCUT2D eigenvalue weighted by atomic mass is 10.0. The maximum atomic E-state index is 11.9. The van der Waals surface area contributed by atoms with Crippen LogP contribution in [0.3, 0.4) is 0 Å². The highest BCUT2D eigenvalue weighted by atomic mass is 35.7. The molecule has 2 atom stereocenters. The summed E-state index contributed by atoms with van der Waals surface area (Å²) in [4.78, 5) is 12.6. The van der Waals surface area contributed by atoms with Crippen LogP contribution in [0.4, 0.5) is 0 Å². The highest BCUT2D eigenvalue weighted by molar-refractivity contribution is 8.15. The Morgan fingerprint density at radius 2 is 2.05 bits per heavy atom. The van der Waals surface area contributed by atoms with Gasteiger partial charge in [0.05, 0.1) is 6.42 Å². The largest absolute Gasteiger partial charge is 0.353 e. The molecule has 1 amide bonds. The molecule has 4 nitrogen and oxygen atoms in total. The fourth-order valence-electron chi connectivity index (χ4n) is 1.90. The first-order valence-corrected chi connectivity index (χ1v) is 9.67. The standard InChI is InChI=1S/C13H20ClNO3S2/c1-4-9(2)7-10(3)15-12(16)8-11-5-6-13(19-11)20(14,17)18/h5-6,9-10H,4,7-8H2,1-3H3,(H,15,16). The lowest BCUT2D eigenvalue weighted by Crippen LogP contribution is -2.34. The molecule has 20 heavy (non-hydrogen) atoms. The normalized spacial score (nSPS) is 14.8. The molecule has 1 aromatic heterocycles. The van der Waals surface area contributed by atoms with Gasteiger partial charge in [-0.2, -0.15) is 0 Å². The van der Waals surface area contributed by atoms with Crippen LogP contribution in [0.15, 0.2) is 16.3 Å². The van der Waals surface area contributed by atoms with Gasteiger partial charge in [0, 0.05) is 21.6 Å². The van der Waals surface area contributed by atoms with Crippen molar-refractivity contribution in [2.45, 2.75) is 50.3 Å². The molecule has 1 N–H and O–H groups in total. The first kappa shape index (κ1) is 17.5. The van der Waals surface area contributed by atoms with Crippen molar-refractivity contribution in [3.63, 3.8) is 0 Å². The van der Waals surface area contributed by atoms with Crippen molar-refractivity contribution < 1.29 is 13.2 Å². The molecule has 0 saturated heterocycles. The molecule has 0 spiro atoms. The van der Waals surface area contributed by atoms with E-state index in [4.69, 9.17) is 10.7 Å².